The molecule has 0 aliphatic carbocycles. The Labute approximate surface area is 218 Å². The second kappa shape index (κ2) is 8.51. The van der Waals surface area contributed by atoms with Gasteiger partial charge in [0.05, 0.1) is 11.0 Å². The smallest absolute Gasteiger partial charge is 0.0547 e. The first kappa shape index (κ1) is 21.2. The summed E-state index contributed by atoms with van der Waals surface area (Å²) in [4.78, 5) is 0. The van der Waals surface area contributed by atoms with E-state index in [1.165, 1.54) is 60.5 Å². The number of nitrogens with zero attached hydrogens (tertiary/aromatic N) is 1. The molecule has 1 nitrogen and oxygen atoms in total. The number of benzene rings is 6. The molecular weight excluding hydrogens is 502 g/mol. The maximum Gasteiger partial charge on any atom is 0.0547 e. The molecule has 0 amide bonds. The van der Waals surface area contributed by atoms with Gasteiger partial charge in [0.15, 0.2) is 0 Å². The summed E-state index contributed by atoms with van der Waals surface area (Å²) < 4.78 is 3.49. The van der Waals surface area contributed by atoms with Gasteiger partial charge in [0, 0.05) is 20.9 Å². The molecule has 0 aliphatic heterocycles. The fourth-order valence-corrected chi connectivity index (χ4v) is 5.61. The number of aromatic nitrogens is 1. The van der Waals surface area contributed by atoms with E-state index in [-0.39, 0.29) is 0 Å². The van der Waals surface area contributed by atoms with Gasteiger partial charge in [-0.1, -0.05) is 107 Å². The van der Waals surface area contributed by atoms with Crippen molar-refractivity contribution in [3.8, 4) is 27.9 Å². The lowest BCUT2D eigenvalue weighted by atomic mass is 9.98. The molecule has 36 heavy (non-hydrogen) atoms. The van der Waals surface area contributed by atoms with Crippen molar-refractivity contribution in [2.24, 2.45) is 0 Å². The van der Waals surface area contributed by atoms with Crippen LogP contribution in [0.25, 0.3) is 60.5 Å². The van der Waals surface area contributed by atoms with Gasteiger partial charge >= 0.3 is 0 Å². The van der Waals surface area contributed by atoms with Crippen LogP contribution in [0.4, 0.5) is 0 Å². The van der Waals surface area contributed by atoms with Crippen molar-refractivity contribution in [2.75, 3.05) is 0 Å². The first-order chi connectivity index (χ1) is 17.8. The van der Waals surface area contributed by atoms with Crippen molar-refractivity contribution in [3.63, 3.8) is 0 Å². The van der Waals surface area contributed by atoms with Crippen molar-refractivity contribution < 1.29 is 0 Å². The predicted molar refractivity (Wildman–Crippen MR) is 157 cm³/mol. The highest BCUT2D eigenvalue weighted by Gasteiger charge is 2.15. The van der Waals surface area contributed by atoms with Crippen LogP contribution in [0.3, 0.4) is 0 Å². The average molecular weight is 524 g/mol. The minimum atomic E-state index is 1.09. The molecule has 1 aromatic heterocycles. The standard InChI is InChI=1S/C34H22BrN/c35-28-17-13-23(14-18-28)25-8-6-9-26(21-25)27-15-19-31-33(22-27)36(29-10-2-1-3-11-29)32-20-16-24-7-4-5-12-30(24)34(31)32/h1-22H. The number of rotatable bonds is 3. The molecule has 0 bridgehead atoms. The summed E-state index contributed by atoms with van der Waals surface area (Å²) in [6, 6.07) is 48.1. The van der Waals surface area contributed by atoms with E-state index < -0.39 is 0 Å². The molecule has 0 radical (unpaired) electrons. The third-order valence-electron chi connectivity index (χ3n) is 7.04. The van der Waals surface area contributed by atoms with Crippen LogP contribution in [-0.2, 0) is 0 Å². The first-order valence-corrected chi connectivity index (χ1v) is 12.9. The normalized spacial score (nSPS) is 11.5. The van der Waals surface area contributed by atoms with Gasteiger partial charge in [-0.05, 0) is 75.5 Å². The molecule has 1 heterocycles. The van der Waals surface area contributed by atoms with Gasteiger partial charge < -0.3 is 4.57 Å². The summed E-state index contributed by atoms with van der Waals surface area (Å²) in [5.41, 5.74) is 8.49. The van der Waals surface area contributed by atoms with Crippen molar-refractivity contribution in [2.45, 2.75) is 0 Å². The molecule has 6 aromatic carbocycles. The third-order valence-corrected chi connectivity index (χ3v) is 7.57. The first-order valence-electron chi connectivity index (χ1n) is 12.1. The zero-order chi connectivity index (χ0) is 24.1. The van der Waals surface area contributed by atoms with E-state index >= 15 is 0 Å². The summed E-state index contributed by atoms with van der Waals surface area (Å²) >= 11 is 3.55. The molecule has 7 rings (SSSR count). The molecule has 0 saturated heterocycles. The van der Waals surface area contributed by atoms with Crippen LogP contribution in [0.5, 0.6) is 0 Å². The second-order valence-corrected chi connectivity index (χ2v) is 10.1. The molecule has 170 valence electrons. The Bertz CT molecular complexity index is 1880. The van der Waals surface area contributed by atoms with Gasteiger partial charge in [-0.25, -0.2) is 0 Å². The van der Waals surface area contributed by atoms with Crippen molar-refractivity contribution in [1.29, 1.82) is 0 Å². The molecule has 0 spiro atoms. The largest absolute Gasteiger partial charge is 0.309 e. The van der Waals surface area contributed by atoms with Gasteiger partial charge in [-0.15, -0.1) is 0 Å². The average Bonchev–Trinajstić information content (AvgIpc) is 3.28. The lowest BCUT2D eigenvalue weighted by molar-refractivity contribution is 1.18. The SMILES string of the molecule is Brc1ccc(-c2cccc(-c3ccc4c5c6ccccc6ccc5n(-c5ccccc5)c4c3)c2)cc1. The van der Waals surface area contributed by atoms with E-state index in [9.17, 15) is 0 Å². The highest BCUT2D eigenvalue weighted by atomic mass is 79.9. The molecule has 0 fully saturated rings. The maximum atomic E-state index is 3.55. The topological polar surface area (TPSA) is 4.93 Å². The Morgan fingerprint density at radius 2 is 1.14 bits per heavy atom. The van der Waals surface area contributed by atoms with E-state index in [4.69, 9.17) is 0 Å². The molecule has 0 N–H and O–H groups in total. The van der Waals surface area contributed by atoms with E-state index in [0.717, 1.165) is 4.47 Å². The summed E-state index contributed by atoms with van der Waals surface area (Å²) in [6.07, 6.45) is 0. The van der Waals surface area contributed by atoms with Gasteiger partial charge in [0.25, 0.3) is 0 Å². The van der Waals surface area contributed by atoms with Crippen LogP contribution in [-0.4, -0.2) is 4.57 Å². The number of fused-ring (bicyclic) bond motifs is 5. The molecule has 0 saturated carbocycles. The maximum absolute atomic E-state index is 3.55. The zero-order valence-electron chi connectivity index (χ0n) is 19.5. The Hall–Kier alpha value is -4.14. The molecule has 0 atom stereocenters. The van der Waals surface area contributed by atoms with Gasteiger partial charge in [0.1, 0.15) is 0 Å². The van der Waals surface area contributed by atoms with Crippen LogP contribution in [0.1, 0.15) is 0 Å². The molecule has 0 aliphatic rings. The number of hydrogen-bond acceptors (Lipinski definition) is 0. The summed E-state index contributed by atoms with van der Waals surface area (Å²) in [6.45, 7) is 0. The Kier molecular flexibility index (Phi) is 5.00. The lowest BCUT2D eigenvalue weighted by Gasteiger charge is -2.10. The highest BCUT2D eigenvalue weighted by molar-refractivity contribution is 9.10. The van der Waals surface area contributed by atoms with Crippen molar-refractivity contribution >= 4 is 48.5 Å². The van der Waals surface area contributed by atoms with Crippen LogP contribution in [0.15, 0.2) is 138 Å². The fraction of sp³-hybridized carbons (Fsp3) is 0. The molecule has 0 unspecified atom stereocenters. The summed E-state index contributed by atoms with van der Waals surface area (Å²) in [5.74, 6) is 0. The van der Waals surface area contributed by atoms with E-state index in [0.29, 0.717) is 0 Å². The number of halogens is 1. The zero-order valence-corrected chi connectivity index (χ0v) is 21.1. The monoisotopic (exact) mass is 523 g/mol. The second-order valence-electron chi connectivity index (χ2n) is 9.17. The molecular formula is C34H22BrN. The van der Waals surface area contributed by atoms with Crippen LogP contribution in [0, 0.1) is 0 Å². The van der Waals surface area contributed by atoms with E-state index in [1.54, 1.807) is 0 Å². The minimum absolute atomic E-state index is 1.09. The Morgan fingerprint density at radius 1 is 0.444 bits per heavy atom. The Morgan fingerprint density at radius 3 is 1.97 bits per heavy atom. The number of para-hydroxylation sites is 1. The van der Waals surface area contributed by atoms with Crippen LogP contribution >= 0.6 is 15.9 Å². The molecule has 7 aromatic rings. The summed E-state index contributed by atoms with van der Waals surface area (Å²) in [5, 5.41) is 5.14. The van der Waals surface area contributed by atoms with Gasteiger partial charge in [-0.2, -0.15) is 0 Å². The van der Waals surface area contributed by atoms with Crippen LogP contribution in [0.2, 0.25) is 0 Å². The van der Waals surface area contributed by atoms with Crippen molar-refractivity contribution in [3.05, 3.63) is 138 Å². The van der Waals surface area contributed by atoms with Gasteiger partial charge in [-0.3, -0.25) is 0 Å². The Balaban J connectivity index is 1.49. The highest BCUT2D eigenvalue weighted by Crippen LogP contribution is 2.39. The number of hydrogen-bond donors (Lipinski definition) is 0. The minimum Gasteiger partial charge on any atom is -0.309 e. The predicted octanol–water partition coefficient (Wildman–Crippen LogP) is 10.0. The molecule has 2 heteroatoms. The quantitative estimate of drug-likeness (QED) is 0.217. The van der Waals surface area contributed by atoms with Gasteiger partial charge in [0.2, 0.25) is 0 Å². The van der Waals surface area contributed by atoms with Crippen LogP contribution < -0.4 is 0 Å². The fourth-order valence-electron chi connectivity index (χ4n) is 5.34. The third kappa shape index (κ3) is 3.45. The van der Waals surface area contributed by atoms with Crippen molar-refractivity contribution in [1.82, 2.24) is 4.57 Å². The summed E-state index contributed by atoms with van der Waals surface area (Å²) in [7, 11) is 0. The lowest BCUT2D eigenvalue weighted by Crippen LogP contribution is -1.93. The van der Waals surface area contributed by atoms with E-state index in [1.807, 2.05) is 0 Å². The van der Waals surface area contributed by atoms with E-state index in [2.05, 4.69) is 154 Å².